The number of carbonyl (C=O) groups is 2. The van der Waals surface area contributed by atoms with Crippen LogP contribution < -0.4 is 5.32 Å². The monoisotopic (exact) mass is 317 g/mol. The Bertz CT molecular complexity index is 702. The van der Waals surface area contributed by atoms with Crippen molar-refractivity contribution in [3.8, 4) is 0 Å². The fraction of sp³-hybridized carbons (Fsp3) is 0.444. The van der Waals surface area contributed by atoms with Gasteiger partial charge in [-0.3, -0.25) is 9.59 Å². The van der Waals surface area contributed by atoms with Crippen molar-refractivity contribution in [1.82, 2.24) is 5.32 Å². The van der Waals surface area contributed by atoms with E-state index in [0.29, 0.717) is 26.0 Å². The minimum atomic E-state index is -0.228. The Morgan fingerprint density at radius 3 is 2.78 bits per heavy atom. The van der Waals surface area contributed by atoms with Gasteiger partial charge in [0.2, 0.25) is 5.91 Å². The van der Waals surface area contributed by atoms with Crippen LogP contribution in [0.15, 0.2) is 22.8 Å². The molecule has 0 saturated heterocycles. The molecule has 0 aliphatic rings. The number of aryl methyl sites for hydroxylation is 2. The van der Waals surface area contributed by atoms with Gasteiger partial charge in [-0.15, -0.1) is 0 Å². The second-order valence-electron chi connectivity index (χ2n) is 5.58. The first-order valence-electron chi connectivity index (χ1n) is 7.91. The summed E-state index contributed by atoms with van der Waals surface area (Å²) in [5, 5.41) is 3.80. The molecule has 0 atom stereocenters. The first-order valence-corrected chi connectivity index (χ1v) is 7.91. The van der Waals surface area contributed by atoms with Crippen molar-refractivity contribution < 1.29 is 18.7 Å². The average Bonchev–Trinajstić information content (AvgIpc) is 2.91. The van der Waals surface area contributed by atoms with E-state index in [1.54, 1.807) is 13.2 Å². The molecule has 2 rings (SSSR count). The molecule has 0 radical (unpaired) electrons. The highest BCUT2D eigenvalue weighted by Gasteiger charge is 2.12. The number of fused-ring (bicyclic) bond motifs is 1. The minimum Gasteiger partial charge on any atom is -0.466 e. The van der Waals surface area contributed by atoms with Crippen LogP contribution in [0.1, 0.15) is 36.5 Å². The number of esters is 1. The molecule has 0 bridgehead atoms. The smallest absolute Gasteiger partial charge is 0.305 e. The van der Waals surface area contributed by atoms with Crippen LogP contribution in [0, 0.1) is 13.8 Å². The zero-order chi connectivity index (χ0) is 16.8. The first-order chi connectivity index (χ1) is 11.0. The van der Waals surface area contributed by atoms with Crippen LogP contribution in [0.2, 0.25) is 0 Å². The lowest BCUT2D eigenvalue weighted by molar-refractivity contribution is -0.143. The van der Waals surface area contributed by atoms with E-state index in [-0.39, 0.29) is 18.3 Å². The van der Waals surface area contributed by atoms with Gasteiger partial charge in [0.15, 0.2) is 0 Å². The number of rotatable bonds is 7. The van der Waals surface area contributed by atoms with Gasteiger partial charge >= 0.3 is 5.97 Å². The predicted molar refractivity (Wildman–Crippen MR) is 88.3 cm³/mol. The summed E-state index contributed by atoms with van der Waals surface area (Å²) in [5.41, 5.74) is 3.99. The highest BCUT2D eigenvalue weighted by Crippen LogP contribution is 2.26. The number of hydrogen-bond acceptors (Lipinski definition) is 4. The molecule has 0 saturated carbocycles. The fourth-order valence-corrected chi connectivity index (χ4v) is 2.45. The number of nitrogens with one attached hydrogen (secondary N) is 1. The van der Waals surface area contributed by atoms with Crippen molar-refractivity contribution in [2.45, 2.75) is 40.0 Å². The summed E-state index contributed by atoms with van der Waals surface area (Å²) in [6.07, 6.45) is 2.82. The molecule has 1 aromatic carbocycles. The van der Waals surface area contributed by atoms with Gasteiger partial charge < -0.3 is 14.5 Å². The largest absolute Gasteiger partial charge is 0.466 e. The zero-order valence-electron chi connectivity index (χ0n) is 13.9. The minimum absolute atomic E-state index is 0.0743. The zero-order valence-corrected chi connectivity index (χ0v) is 13.9. The maximum Gasteiger partial charge on any atom is 0.305 e. The van der Waals surface area contributed by atoms with Crippen LogP contribution in [0.4, 0.5) is 0 Å². The molecule has 124 valence electrons. The third kappa shape index (κ3) is 4.34. The molecule has 0 unspecified atom stereocenters. The maximum atomic E-state index is 12.0. The van der Waals surface area contributed by atoms with E-state index >= 15 is 0 Å². The van der Waals surface area contributed by atoms with Gasteiger partial charge in [-0.25, -0.2) is 0 Å². The van der Waals surface area contributed by atoms with Crippen molar-refractivity contribution in [1.29, 1.82) is 0 Å². The Morgan fingerprint density at radius 2 is 2.04 bits per heavy atom. The van der Waals surface area contributed by atoms with Crippen molar-refractivity contribution in [2.75, 3.05) is 13.2 Å². The summed E-state index contributed by atoms with van der Waals surface area (Å²) in [6, 6.07) is 4.03. The third-order valence-electron chi connectivity index (χ3n) is 3.88. The van der Waals surface area contributed by atoms with E-state index in [1.165, 1.54) is 5.56 Å². The summed E-state index contributed by atoms with van der Waals surface area (Å²) < 4.78 is 10.4. The molecule has 0 spiro atoms. The Morgan fingerprint density at radius 1 is 1.26 bits per heavy atom. The van der Waals surface area contributed by atoms with Gasteiger partial charge in [0.25, 0.3) is 0 Å². The summed E-state index contributed by atoms with van der Waals surface area (Å²) in [6.45, 7) is 6.68. The molecule has 23 heavy (non-hydrogen) atoms. The molecular weight excluding hydrogens is 294 g/mol. The molecule has 1 amide bonds. The van der Waals surface area contributed by atoms with Gasteiger partial charge in [0.05, 0.1) is 19.3 Å². The van der Waals surface area contributed by atoms with E-state index in [2.05, 4.69) is 5.32 Å². The highest BCUT2D eigenvalue weighted by atomic mass is 16.5. The number of carbonyl (C=O) groups excluding carboxylic acids is 2. The van der Waals surface area contributed by atoms with Gasteiger partial charge in [0.1, 0.15) is 5.58 Å². The van der Waals surface area contributed by atoms with Gasteiger partial charge in [0, 0.05) is 23.9 Å². The maximum absolute atomic E-state index is 12.0. The van der Waals surface area contributed by atoms with Crippen LogP contribution in [0.3, 0.4) is 0 Å². The second-order valence-corrected chi connectivity index (χ2v) is 5.58. The second kappa shape index (κ2) is 7.81. The van der Waals surface area contributed by atoms with Crippen LogP contribution >= 0.6 is 0 Å². The molecule has 0 fully saturated rings. The van der Waals surface area contributed by atoms with Crippen molar-refractivity contribution in [3.63, 3.8) is 0 Å². The lowest BCUT2D eigenvalue weighted by Gasteiger charge is -2.05. The predicted octanol–water partition coefficient (Wildman–Crippen LogP) is 3.05. The van der Waals surface area contributed by atoms with E-state index in [9.17, 15) is 9.59 Å². The summed E-state index contributed by atoms with van der Waals surface area (Å²) in [7, 11) is 0. The van der Waals surface area contributed by atoms with E-state index in [0.717, 1.165) is 22.1 Å². The first kappa shape index (κ1) is 17.1. The van der Waals surface area contributed by atoms with Crippen molar-refractivity contribution >= 4 is 22.8 Å². The lowest BCUT2D eigenvalue weighted by Crippen LogP contribution is -2.26. The Hall–Kier alpha value is -2.30. The number of benzene rings is 1. The summed E-state index contributed by atoms with van der Waals surface area (Å²) in [5.74, 6) is -0.303. The van der Waals surface area contributed by atoms with E-state index in [1.807, 2.05) is 26.0 Å². The normalized spacial score (nSPS) is 10.7. The Kier molecular flexibility index (Phi) is 5.79. The molecule has 0 aliphatic carbocycles. The number of hydrogen-bond donors (Lipinski definition) is 1. The van der Waals surface area contributed by atoms with Crippen LogP contribution in [-0.2, 0) is 20.7 Å². The summed E-state index contributed by atoms with van der Waals surface area (Å²) >= 11 is 0. The number of ether oxygens (including phenoxy) is 1. The SMILES string of the molecule is CCOC(=O)CCCNC(=O)Cc1coc2c(C)c(C)ccc12. The topological polar surface area (TPSA) is 68.5 Å². The lowest BCUT2D eigenvalue weighted by atomic mass is 10.0. The van der Waals surface area contributed by atoms with Gasteiger partial charge in [-0.05, 0) is 38.3 Å². The van der Waals surface area contributed by atoms with Gasteiger partial charge in [-0.1, -0.05) is 12.1 Å². The van der Waals surface area contributed by atoms with Crippen molar-refractivity contribution in [2.24, 2.45) is 0 Å². The standard InChI is InChI=1S/C18H23NO4/c1-4-22-17(21)6-5-9-19-16(20)10-14-11-23-18-13(3)12(2)7-8-15(14)18/h7-8,11H,4-6,9-10H2,1-3H3,(H,19,20). The third-order valence-corrected chi connectivity index (χ3v) is 3.88. The highest BCUT2D eigenvalue weighted by molar-refractivity contribution is 5.89. The Balaban J connectivity index is 1.86. The molecule has 2 aromatic rings. The van der Waals surface area contributed by atoms with Crippen LogP contribution in [0.25, 0.3) is 11.0 Å². The molecule has 5 nitrogen and oxygen atoms in total. The van der Waals surface area contributed by atoms with Gasteiger partial charge in [-0.2, -0.15) is 0 Å². The van der Waals surface area contributed by atoms with E-state index in [4.69, 9.17) is 9.15 Å². The molecule has 0 aliphatic heterocycles. The number of amides is 1. The average molecular weight is 317 g/mol. The molecule has 1 heterocycles. The van der Waals surface area contributed by atoms with E-state index < -0.39 is 0 Å². The summed E-state index contributed by atoms with van der Waals surface area (Å²) in [4.78, 5) is 23.2. The molecule has 5 heteroatoms. The quantitative estimate of drug-likeness (QED) is 0.629. The molecule has 1 N–H and O–H groups in total. The fourth-order valence-electron chi connectivity index (χ4n) is 2.45. The Labute approximate surface area is 136 Å². The number of furan rings is 1. The van der Waals surface area contributed by atoms with Crippen molar-refractivity contribution in [3.05, 3.63) is 35.1 Å². The van der Waals surface area contributed by atoms with Crippen LogP contribution in [-0.4, -0.2) is 25.0 Å². The molecular formula is C18H23NO4. The molecule has 1 aromatic heterocycles. The van der Waals surface area contributed by atoms with Crippen LogP contribution in [0.5, 0.6) is 0 Å².